The molecular formula is C40H50F3N7O5S. The number of likely N-dealkylation sites (tertiary alicyclic amines) is 1. The van der Waals surface area contributed by atoms with Crippen molar-refractivity contribution >= 4 is 47.6 Å². The molecule has 302 valence electrons. The summed E-state index contributed by atoms with van der Waals surface area (Å²) in [5.74, 6) is -1.15. The van der Waals surface area contributed by atoms with Crippen molar-refractivity contribution in [2.45, 2.75) is 133 Å². The van der Waals surface area contributed by atoms with E-state index in [1.807, 2.05) is 4.90 Å². The van der Waals surface area contributed by atoms with Gasteiger partial charge in [-0.05, 0) is 115 Å². The van der Waals surface area contributed by atoms with Crippen molar-refractivity contribution < 1.29 is 37.1 Å². The number of rotatable bonds is 10. The Morgan fingerprint density at radius 2 is 1.77 bits per heavy atom. The van der Waals surface area contributed by atoms with Crippen LogP contribution < -0.4 is 15.5 Å². The van der Waals surface area contributed by atoms with Gasteiger partial charge in [-0.2, -0.15) is 18.4 Å². The first-order valence-electron chi connectivity index (χ1n) is 19.4. The van der Waals surface area contributed by atoms with Gasteiger partial charge in [0.05, 0.1) is 58.9 Å². The van der Waals surface area contributed by atoms with Gasteiger partial charge in [0.15, 0.2) is 0 Å². The Hall–Kier alpha value is -4.04. The van der Waals surface area contributed by atoms with Crippen LogP contribution in [0.5, 0.6) is 0 Å². The van der Waals surface area contributed by atoms with Crippen LogP contribution in [0.2, 0.25) is 0 Å². The van der Waals surface area contributed by atoms with E-state index in [4.69, 9.17) is 17.4 Å². The molecule has 3 saturated heterocycles. The third-order valence-corrected chi connectivity index (χ3v) is 12.4. The number of alkyl halides is 3. The van der Waals surface area contributed by atoms with Crippen molar-refractivity contribution in [2.75, 3.05) is 23.4 Å². The molecule has 1 aliphatic carbocycles. The molecule has 0 spiro atoms. The molecule has 4 heterocycles. The van der Waals surface area contributed by atoms with Gasteiger partial charge < -0.3 is 10.1 Å². The highest BCUT2D eigenvalue weighted by molar-refractivity contribution is 7.81. The minimum atomic E-state index is -4.74. The molecule has 4 fully saturated rings. The lowest BCUT2D eigenvalue weighted by molar-refractivity contribution is -0.138. The number of hydrogen-bond acceptors (Lipinski definition) is 10. The Morgan fingerprint density at radius 1 is 1.07 bits per heavy atom. The van der Waals surface area contributed by atoms with E-state index in [1.165, 1.54) is 11.0 Å². The van der Waals surface area contributed by atoms with E-state index >= 15 is 0 Å². The molecular weight excluding hydrogens is 748 g/mol. The number of anilines is 2. The number of nitriles is 1. The minimum Gasteiger partial charge on any atom is -0.378 e. The SMILES string of the molecule is CC1CC(CCOC2CCC(N3C(S)N(c4ccc(C#N)c(C(F)(F)F)c4)C(=O)C3(C)C)CC2)CC(C)N1CC(=O)Nc1ccc(C2CCC(=O)NC2=O)nc1. The lowest BCUT2D eigenvalue weighted by Crippen LogP contribution is -2.52. The van der Waals surface area contributed by atoms with E-state index in [9.17, 15) is 37.6 Å². The van der Waals surface area contributed by atoms with Gasteiger partial charge in [0.25, 0.3) is 0 Å². The minimum absolute atomic E-state index is 0.0153. The van der Waals surface area contributed by atoms with Crippen LogP contribution in [0, 0.1) is 17.2 Å². The zero-order valence-corrected chi connectivity index (χ0v) is 33.0. The maximum atomic E-state index is 13.7. The predicted molar refractivity (Wildman–Crippen MR) is 205 cm³/mol. The van der Waals surface area contributed by atoms with Crippen LogP contribution in [-0.4, -0.2) is 86.8 Å². The van der Waals surface area contributed by atoms with Crippen LogP contribution in [0.25, 0.3) is 0 Å². The summed E-state index contributed by atoms with van der Waals surface area (Å²) in [4.78, 5) is 60.2. The largest absolute Gasteiger partial charge is 0.417 e. The number of amides is 4. The van der Waals surface area contributed by atoms with Crippen molar-refractivity contribution in [3.05, 3.63) is 53.3 Å². The first kappa shape index (κ1) is 41.6. The van der Waals surface area contributed by atoms with Crippen LogP contribution >= 0.6 is 12.6 Å². The van der Waals surface area contributed by atoms with E-state index in [2.05, 4.69) is 34.4 Å². The second-order valence-electron chi connectivity index (χ2n) is 16.1. The normalized spacial score (nSPS) is 28.9. The third-order valence-electron chi connectivity index (χ3n) is 12.0. The molecule has 4 aliphatic rings. The average molecular weight is 798 g/mol. The van der Waals surface area contributed by atoms with Crippen molar-refractivity contribution in [1.82, 2.24) is 20.1 Å². The fourth-order valence-corrected chi connectivity index (χ4v) is 9.78. The van der Waals surface area contributed by atoms with Crippen molar-refractivity contribution in [3.8, 4) is 6.07 Å². The van der Waals surface area contributed by atoms with Gasteiger partial charge in [-0.1, -0.05) is 0 Å². The van der Waals surface area contributed by atoms with Crippen molar-refractivity contribution in [3.63, 3.8) is 0 Å². The first-order valence-corrected chi connectivity index (χ1v) is 19.9. The van der Waals surface area contributed by atoms with E-state index < -0.39 is 34.3 Å². The molecule has 56 heavy (non-hydrogen) atoms. The summed E-state index contributed by atoms with van der Waals surface area (Å²) in [6.45, 7) is 8.71. The van der Waals surface area contributed by atoms with Gasteiger partial charge in [0.2, 0.25) is 23.6 Å². The summed E-state index contributed by atoms with van der Waals surface area (Å²) >= 11 is 4.76. The molecule has 6 rings (SSSR count). The highest BCUT2D eigenvalue weighted by Gasteiger charge is 2.54. The second-order valence-corrected chi connectivity index (χ2v) is 16.6. The summed E-state index contributed by atoms with van der Waals surface area (Å²) < 4.78 is 47.6. The summed E-state index contributed by atoms with van der Waals surface area (Å²) in [7, 11) is 0. The van der Waals surface area contributed by atoms with Gasteiger partial charge in [0.1, 0.15) is 5.50 Å². The van der Waals surface area contributed by atoms with Gasteiger partial charge in [-0.25, -0.2) is 0 Å². The van der Waals surface area contributed by atoms with Crippen molar-refractivity contribution in [2.24, 2.45) is 5.92 Å². The van der Waals surface area contributed by atoms with Gasteiger partial charge in [-0.15, -0.1) is 12.6 Å². The fourth-order valence-electron chi connectivity index (χ4n) is 9.07. The number of hydrogen-bond donors (Lipinski definition) is 3. The molecule has 2 aromatic rings. The van der Waals surface area contributed by atoms with Crippen LogP contribution in [0.4, 0.5) is 24.5 Å². The molecule has 0 radical (unpaired) electrons. The molecule has 16 heteroatoms. The zero-order chi connectivity index (χ0) is 40.5. The van der Waals surface area contributed by atoms with E-state index in [1.54, 1.807) is 38.2 Å². The topological polar surface area (TPSA) is 148 Å². The zero-order valence-electron chi connectivity index (χ0n) is 32.1. The summed E-state index contributed by atoms with van der Waals surface area (Å²) in [6.07, 6.45) is 3.42. The lowest BCUT2D eigenvalue weighted by atomic mass is 9.85. The molecule has 12 nitrogen and oxygen atoms in total. The summed E-state index contributed by atoms with van der Waals surface area (Å²) in [5.41, 5.74) is -2.19. The maximum absolute atomic E-state index is 13.7. The van der Waals surface area contributed by atoms with Crippen molar-refractivity contribution in [1.29, 1.82) is 5.26 Å². The van der Waals surface area contributed by atoms with Gasteiger partial charge in [-0.3, -0.25) is 44.2 Å². The fraction of sp³-hybridized carbons (Fsp3) is 0.600. The Morgan fingerprint density at radius 3 is 2.38 bits per heavy atom. The second kappa shape index (κ2) is 16.8. The molecule has 4 atom stereocenters. The van der Waals surface area contributed by atoms with Crippen LogP contribution in [0.1, 0.15) is 108 Å². The number of halogens is 3. The smallest absolute Gasteiger partial charge is 0.378 e. The number of carbonyl (C=O) groups is 4. The number of ether oxygens (including phenoxy) is 1. The molecule has 2 N–H and O–H groups in total. The molecule has 0 bridgehead atoms. The van der Waals surface area contributed by atoms with Crippen LogP contribution in [0.15, 0.2) is 36.5 Å². The number of piperidine rings is 2. The molecule has 4 unspecified atom stereocenters. The number of imide groups is 1. The number of benzene rings is 1. The number of carbonyl (C=O) groups excluding carboxylic acids is 4. The standard InChI is InChI=1S/C40H50F3N7O5S/c1-23-17-25(18-24(2)48(23)22-35(52)46-27-6-13-33(45-21-27)31-12-14-34(51)47-36(31)53)15-16-55-30-10-8-28(9-11-30)50-38(56)49(37(54)39(50,3)4)29-7-5-26(20-44)32(19-29)40(41,42)43/h5-7,13,19,21,23-25,28,30-31,38,56H,8-12,14-18,22H2,1-4H3,(H,46,52)(H,47,51,53). The van der Waals surface area contributed by atoms with Crippen LogP contribution in [0.3, 0.4) is 0 Å². The Bertz CT molecular complexity index is 1830. The van der Waals surface area contributed by atoms with E-state index in [0.717, 1.165) is 57.1 Å². The molecule has 1 saturated carbocycles. The highest BCUT2D eigenvalue weighted by atomic mass is 32.1. The number of nitrogens with one attached hydrogen (secondary N) is 2. The number of aromatic nitrogens is 1. The molecule has 1 aromatic heterocycles. The van der Waals surface area contributed by atoms with E-state index in [0.29, 0.717) is 30.3 Å². The lowest BCUT2D eigenvalue weighted by Gasteiger charge is -2.43. The van der Waals surface area contributed by atoms with Crippen LogP contribution in [-0.2, 0) is 30.1 Å². The third kappa shape index (κ3) is 8.91. The maximum Gasteiger partial charge on any atom is 0.417 e. The molecule has 1 aromatic carbocycles. The molecule has 3 aliphatic heterocycles. The van der Waals surface area contributed by atoms with Gasteiger partial charge >= 0.3 is 6.18 Å². The average Bonchev–Trinajstić information content (AvgIpc) is 3.32. The van der Waals surface area contributed by atoms with E-state index in [-0.39, 0.29) is 66.5 Å². The predicted octanol–water partition coefficient (Wildman–Crippen LogP) is 5.98. The monoisotopic (exact) mass is 797 g/mol. The summed E-state index contributed by atoms with van der Waals surface area (Å²) in [5, 5.41) is 14.5. The summed E-state index contributed by atoms with van der Waals surface area (Å²) in [6, 6.07) is 8.74. The van der Waals surface area contributed by atoms with Gasteiger partial charge in [0, 0.05) is 36.8 Å². The Labute approximate surface area is 330 Å². The molecule has 4 amide bonds. The number of pyridine rings is 1. The quantitative estimate of drug-likeness (QED) is 0.195. The number of nitrogens with zero attached hydrogens (tertiary/aromatic N) is 5. The number of thiol groups is 1. The Balaban J connectivity index is 0.941. The highest BCUT2D eigenvalue weighted by Crippen LogP contribution is 2.43. The first-order chi connectivity index (χ1) is 26.5. The Kier molecular flexibility index (Phi) is 12.5.